The molecule has 0 saturated carbocycles. The van der Waals surface area contributed by atoms with Crippen LogP contribution in [0.2, 0.25) is 0 Å². The molecule has 3 aromatic carbocycles. The van der Waals surface area contributed by atoms with Crippen LogP contribution in [-0.2, 0) is 14.8 Å². The molecule has 0 unspecified atom stereocenters. The Kier molecular flexibility index (Phi) is 6.29. The summed E-state index contributed by atoms with van der Waals surface area (Å²) in [5, 5.41) is 4.88. The number of carbonyl (C=O) groups excluding carboxylic acids is 1. The number of anilines is 2. The summed E-state index contributed by atoms with van der Waals surface area (Å²) in [6.07, 6.45) is 1.67. The maximum Gasteiger partial charge on any atom is 0.232 e. The minimum Gasteiger partial charge on any atom is -0.495 e. The third kappa shape index (κ3) is 4.96. The van der Waals surface area contributed by atoms with Crippen LogP contribution < -0.4 is 14.4 Å². The number of furan rings is 1. The summed E-state index contributed by atoms with van der Waals surface area (Å²) in [4.78, 5) is 12.5. The van der Waals surface area contributed by atoms with E-state index in [0.29, 0.717) is 29.1 Å². The number of hydrogen-bond donors (Lipinski definition) is 1. The van der Waals surface area contributed by atoms with E-state index in [9.17, 15) is 13.2 Å². The number of fused-ring (bicyclic) bond motifs is 3. The van der Waals surface area contributed by atoms with Gasteiger partial charge < -0.3 is 14.5 Å². The van der Waals surface area contributed by atoms with Gasteiger partial charge in [0.2, 0.25) is 15.9 Å². The van der Waals surface area contributed by atoms with E-state index in [2.05, 4.69) is 5.32 Å². The molecule has 1 heterocycles. The van der Waals surface area contributed by atoms with Gasteiger partial charge >= 0.3 is 0 Å². The summed E-state index contributed by atoms with van der Waals surface area (Å²) in [5.41, 5.74) is 3.51. The Bertz CT molecular complexity index is 1430. The Morgan fingerprint density at radius 3 is 2.55 bits per heavy atom. The fourth-order valence-corrected chi connectivity index (χ4v) is 4.83. The summed E-state index contributed by atoms with van der Waals surface area (Å²) in [7, 11) is -2.05. The lowest BCUT2D eigenvalue weighted by Gasteiger charge is -2.24. The Labute approximate surface area is 193 Å². The number of para-hydroxylation sites is 1. The van der Waals surface area contributed by atoms with Gasteiger partial charge in [-0.3, -0.25) is 9.10 Å². The molecule has 0 aliphatic carbocycles. The zero-order valence-electron chi connectivity index (χ0n) is 18.8. The molecule has 0 fully saturated rings. The molecule has 0 aliphatic rings. The van der Waals surface area contributed by atoms with Crippen LogP contribution in [0.1, 0.15) is 18.4 Å². The summed E-state index contributed by atoms with van der Waals surface area (Å²) >= 11 is 0. The molecule has 1 aromatic heterocycles. The van der Waals surface area contributed by atoms with E-state index in [4.69, 9.17) is 9.15 Å². The molecule has 0 spiro atoms. The highest BCUT2D eigenvalue weighted by Crippen LogP contribution is 2.32. The second-order valence-electron chi connectivity index (χ2n) is 7.97. The second-order valence-corrected chi connectivity index (χ2v) is 9.88. The topological polar surface area (TPSA) is 88.8 Å². The number of benzene rings is 3. The van der Waals surface area contributed by atoms with Gasteiger partial charge in [-0.2, -0.15) is 0 Å². The van der Waals surface area contributed by atoms with Crippen LogP contribution in [-0.4, -0.2) is 34.2 Å². The van der Waals surface area contributed by atoms with Gasteiger partial charge in [-0.05, 0) is 49.2 Å². The van der Waals surface area contributed by atoms with Crippen molar-refractivity contribution in [3.8, 4) is 5.75 Å². The van der Waals surface area contributed by atoms with Crippen molar-refractivity contribution in [1.82, 2.24) is 0 Å². The summed E-state index contributed by atoms with van der Waals surface area (Å²) in [5.74, 6) is 0.268. The standard InChI is InChI=1S/C25H26N2O5S/c1-17-10-13-23(31-2)21(15-17)27(33(3,29)30)14-6-9-25(28)26-18-11-12-20-19-7-4-5-8-22(19)32-24(20)16-18/h4-5,7-8,10-13,15-16H,6,9,14H2,1-3H3,(H,26,28). The van der Waals surface area contributed by atoms with Crippen molar-refractivity contribution < 1.29 is 22.4 Å². The minimum absolute atomic E-state index is 0.161. The number of methoxy groups -OCH3 is 1. The molecule has 7 nitrogen and oxygen atoms in total. The van der Waals surface area contributed by atoms with E-state index in [-0.39, 0.29) is 18.9 Å². The molecule has 0 bridgehead atoms. The average molecular weight is 467 g/mol. The van der Waals surface area contributed by atoms with E-state index in [1.54, 1.807) is 18.2 Å². The first-order valence-electron chi connectivity index (χ1n) is 10.6. The second kappa shape index (κ2) is 9.15. The van der Waals surface area contributed by atoms with Crippen molar-refractivity contribution in [2.45, 2.75) is 19.8 Å². The Balaban J connectivity index is 1.43. The largest absolute Gasteiger partial charge is 0.495 e. The molecule has 172 valence electrons. The van der Waals surface area contributed by atoms with Crippen LogP contribution in [0, 0.1) is 6.92 Å². The monoisotopic (exact) mass is 466 g/mol. The number of sulfonamides is 1. The van der Waals surface area contributed by atoms with Gasteiger partial charge in [0.15, 0.2) is 0 Å². The molecule has 33 heavy (non-hydrogen) atoms. The number of hydrogen-bond acceptors (Lipinski definition) is 5. The number of amides is 1. The fourth-order valence-electron chi connectivity index (χ4n) is 3.87. The highest BCUT2D eigenvalue weighted by Gasteiger charge is 2.21. The SMILES string of the molecule is COc1ccc(C)cc1N(CCCC(=O)Nc1ccc2c(c1)oc1ccccc12)S(C)(=O)=O. The average Bonchev–Trinajstić information content (AvgIpc) is 3.13. The van der Waals surface area contributed by atoms with E-state index in [1.807, 2.05) is 49.4 Å². The van der Waals surface area contributed by atoms with Crippen molar-refractivity contribution >= 4 is 49.2 Å². The number of rotatable bonds is 8. The van der Waals surface area contributed by atoms with Gasteiger partial charge in [-0.25, -0.2) is 8.42 Å². The Hall–Kier alpha value is -3.52. The molecule has 0 saturated heterocycles. The quantitative estimate of drug-likeness (QED) is 0.391. The van der Waals surface area contributed by atoms with Gasteiger partial charge in [-0.15, -0.1) is 0 Å². The maximum atomic E-state index is 12.5. The zero-order chi connectivity index (χ0) is 23.6. The molecule has 1 amide bonds. The smallest absolute Gasteiger partial charge is 0.232 e. The molecular weight excluding hydrogens is 440 g/mol. The number of nitrogens with zero attached hydrogens (tertiary/aromatic N) is 1. The van der Waals surface area contributed by atoms with E-state index in [1.165, 1.54) is 11.4 Å². The molecule has 1 N–H and O–H groups in total. The molecule has 0 radical (unpaired) electrons. The van der Waals surface area contributed by atoms with Gasteiger partial charge in [-0.1, -0.05) is 24.3 Å². The molecular formula is C25H26N2O5S. The molecule has 4 aromatic rings. The number of ether oxygens (including phenoxy) is 1. The summed E-state index contributed by atoms with van der Waals surface area (Å²) < 4.78 is 37.4. The number of nitrogens with one attached hydrogen (secondary N) is 1. The lowest BCUT2D eigenvalue weighted by atomic mass is 10.1. The predicted molar refractivity (Wildman–Crippen MR) is 132 cm³/mol. The normalized spacial score (nSPS) is 11.6. The highest BCUT2D eigenvalue weighted by atomic mass is 32.2. The highest BCUT2D eigenvalue weighted by molar-refractivity contribution is 7.92. The lowest BCUT2D eigenvalue weighted by molar-refractivity contribution is -0.116. The van der Waals surface area contributed by atoms with E-state index in [0.717, 1.165) is 28.2 Å². The Morgan fingerprint density at radius 1 is 1.03 bits per heavy atom. The number of carbonyl (C=O) groups is 1. The summed E-state index contributed by atoms with van der Waals surface area (Å²) in [6, 6.07) is 18.7. The van der Waals surface area contributed by atoms with E-state index >= 15 is 0 Å². The van der Waals surface area contributed by atoms with Gasteiger partial charge in [0, 0.05) is 35.5 Å². The van der Waals surface area contributed by atoms with Crippen LogP contribution >= 0.6 is 0 Å². The van der Waals surface area contributed by atoms with Crippen molar-refractivity contribution in [3.63, 3.8) is 0 Å². The van der Waals surface area contributed by atoms with Crippen LogP contribution in [0.25, 0.3) is 21.9 Å². The number of aryl methyl sites for hydroxylation is 1. The van der Waals surface area contributed by atoms with E-state index < -0.39 is 10.0 Å². The fraction of sp³-hybridized carbons (Fsp3) is 0.240. The van der Waals surface area contributed by atoms with Crippen LogP contribution in [0.4, 0.5) is 11.4 Å². The van der Waals surface area contributed by atoms with Crippen molar-refractivity contribution in [3.05, 3.63) is 66.2 Å². The van der Waals surface area contributed by atoms with Crippen LogP contribution in [0.3, 0.4) is 0 Å². The van der Waals surface area contributed by atoms with Crippen molar-refractivity contribution in [1.29, 1.82) is 0 Å². The van der Waals surface area contributed by atoms with Gasteiger partial charge in [0.1, 0.15) is 16.9 Å². The zero-order valence-corrected chi connectivity index (χ0v) is 19.6. The van der Waals surface area contributed by atoms with Crippen LogP contribution in [0.5, 0.6) is 5.75 Å². The minimum atomic E-state index is -3.55. The first-order chi connectivity index (χ1) is 15.8. The first-order valence-corrected chi connectivity index (χ1v) is 12.4. The third-order valence-electron chi connectivity index (χ3n) is 5.43. The van der Waals surface area contributed by atoms with Gasteiger partial charge in [0.05, 0.1) is 19.1 Å². The first kappa shape index (κ1) is 22.7. The summed E-state index contributed by atoms with van der Waals surface area (Å²) in [6.45, 7) is 2.05. The van der Waals surface area contributed by atoms with Crippen molar-refractivity contribution in [2.75, 3.05) is 29.5 Å². The Morgan fingerprint density at radius 2 is 1.79 bits per heavy atom. The molecule has 0 atom stereocenters. The third-order valence-corrected chi connectivity index (χ3v) is 6.61. The predicted octanol–water partition coefficient (Wildman–Crippen LogP) is 5.09. The van der Waals surface area contributed by atoms with Crippen molar-refractivity contribution in [2.24, 2.45) is 0 Å². The van der Waals surface area contributed by atoms with Crippen LogP contribution in [0.15, 0.2) is 65.1 Å². The van der Waals surface area contributed by atoms with Gasteiger partial charge in [0.25, 0.3) is 0 Å². The lowest BCUT2D eigenvalue weighted by Crippen LogP contribution is -2.32. The maximum absolute atomic E-state index is 12.5. The molecule has 8 heteroatoms. The molecule has 0 aliphatic heterocycles. The molecule has 4 rings (SSSR count).